The van der Waals surface area contributed by atoms with Crippen molar-refractivity contribution in [3.8, 4) is 135 Å². The van der Waals surface area contributed by atoms with Gasteiger partial charge in [0.2, 0.25) is 0 Å². The molecule has 24 rings (SSSR count). The molecule has 0 amide bonds. The van der Waals surface area contributed by atoms with Crippen LogP contribution in [0.1, 0.15) is 45.6 Å². The minimum absolute atomic E-state index is 0.0500. The van der Waals surface area contributed by atoms with Gasteiger partial charge in [-0.15, -0.1) is 0 Å². The summed E-state index contributed by atoms with van der Waals surface area (Å²) in [5.41, 5.74) is 30.7. The van der Waals surface area contributed by atoms with Gasteiger partial charge in [0.1, 0.15) is 22.7 Å². The van der Waals surface area contributed by atoms with Gasteiger partial charge in [0.15, 0.2) is 34.9 Å². The molecule has 0 saturated heterocycles. The molecule has 4 aromatic heterocycles. The van der Waals surface area contributed by atoms with Gasteiger partial charge in [-0.05, 0) is 175 Å². The molecular formula is C114H76N8O2. The molecule has 16 aromatic carbocycles. The summed E-state index contributed by atoms with van der Waals surface area (Å²) in [4.78, 5) is 36.1. The lowest BCUT2D eigenvalue weighted by atomic mass is 9.82. The second-order valence-electron chi connectivity index (χ2n) is 31.9. The number of benzene rings is 16. The summed E-state index contributed by atoms with van der Waals surface area (Å²) in [7, 11) is 0. The minimum atomic E-state index is 0.0500. The van der Waals surface area contributed by atoms with Crippen molar-refractivity contribution >= 4 is 56.8 Å². The predicted octanol–water partition coefficient (Wildman–Crippen LogP) is 28.6. The fraction of sp³-hybridized carbons (Fsp3) is 0.0351. The number of rotatable bonds is 14. The van der Waals surface area contributed by atoms with Crippen LogP contribution in [0.15, 0.2) is 433 Å². The molecule has 4 unspecified atom stereocenters. The van der Waals surface area contributed by atoms with Crippen LogP contribution < -0.4 is 9.80 Å². The molecule has 584 valence electrons. The van der Waals surface area contributed by atoms with Crippen molar-refractivity contribution in [3.05, 3.63) is 458 Å². The van der Waals surface area contributed by atoms with E-state index in [0.717, 1.165) is 123 Å². The van der Waals surface area contributed by atoms with Gasteiger partial charge in [0.25, 0.3) is 0 Å². The average molecular weight is 1590 g/mol. The SMILES string of the molecule is C1=CC2C(c3ccccc3N2c2cccc(-c3ccccc3)c2)c2c1oc1ccc(-c3nc(-c4ccc(-c5ccccc5)cc4)nc(-c4ccc(-c5ccccc5)cc4)n3)cc21.C1=CC2C(c3ccccc3N2c2cccc(-c3ccccc3)c2)c2c1oc1ccc(-c3nc(-c4cccc(-c5ccccc5)c4)nc(-c4cccc(-c5ccccc5)c4)n3)cc21. The van der Waals surface area contributed by atoms with E-state index in [-0.39, 0.29) is 23.9 Å². The van der Waals surface area contributed by atoms with Crippen molar-refractivity contribution in [3.63, 3.8) is 0 Å². The molecule has 0 N–H and O–H groups in total. The predicted molar refractivity (Wildman–Crippen MR) is 504 cm³/mol. The molecule has 4 aliphatic rings. The molecule has 10 heteroatoms. The first kappa shape index (κ1) is 72.9. The fourth-order valence-corrected chi connectivity index (χ4v) is 18.7. The van der Waals surface area contributed by atoms with Crippen molar-refractivity contribution in [1.29, 1.82) is 0 Å². The van der Waals surface area contributed by atoms with Gasteiger partial charge in [-0.25, -0.2) is 29.9 Å². The third-order valence-electron chi connectivity index (χ3n) is 24.6. The molecule has 20 aromatic rings. The zero-order valence-electron chi connectivity index (χ0n) is 67.3. The molecule has 2 aliphatic heterocycles. The normalized spacial score (nSPS) is 15.0. The van der Waals surface area contributed by atoms with Gasteiger partial charge in [-0.1, -0.05) is 340 Å². The molecule has 0 bridgehead atoms. The number of anilines is 4. The molecule has 6 heterocycles. The summed E-state index contributed by atoms with van der Waals surface area (Å²) < 4.78 is 13.3. The smallest absolute Gasteiger partial charge is 0.164 e. The zero-order valence-corrected chi connectivity index (χ0v) is 67.3. The first-order chi connectivity index (χ1) is 61.4. The molecule has 0 fully saturated rings. The third kappa shape index (κ3) is 13.4. The fourth-order valence-electron chi connectivity index (χ4n) is 18.7. The quantitative estimate of drug-likeness (QED) is 0.104. The van der Waals surface area contributed by atoms with Crippen LogP contribution in [0.4, 0.5) is 22.7 Å². The van der Waals surface area contributed by atoms with Crippen LogP contribution in [0, 0.1) is 0 Å². The lowest BCUT2D eigenvalue weighted by Gasteiger charge is -2.30. The van der Waals surface area contributed by atoms with E-state index in [1.807, 2.05) is 24.3 Å². The Kier molecular flexibility index (Phi) is 18.3. The Morgan fingerprint density at radius 1 is 0.202 bits per heavy atom. The Balaban J connectivity index is 0.000000143. The topological polar surface area (TPSA) is 110 Å². The first-order valence-corrected chi connectivity index (χ1v) is 42.2. The van der Waals surface area contributed by atoms with E-state index in [1.165, 1.54) is 55.9 Å². The van der Waals surface area contributed by atoms with Gasteiger partial charge in [-0.2, -0.15) is 0 Å². The van der Waals surface area contributed by atoms with Crippen molar-refractivity contribution in [2.45, 2.75) is 23.9 Å². The summed E-state index contributed by atoms with van der Waals surface area (Å²) in [6, 6.07) is 145. The highest BCUT2D eigenvalue weighted by molar-refractivity contribution is 5.96. The van der Waals surface area contributed by atoms with Gasteiger partial charge < -0.3 is 18.6 Å². The lowest BCUT2D eigenvalue weighted by Crippen LogP contribution is -2.30. The molecule has 0 saturated carbocycles. The van der Waals surface area contributed by atoms with Gasteiger partial charge >= 0.3 is 0 Å². The van der Waals surface area contributed by atoms with E-state index in [9.17, 15) is 0 Å². The maximum Gasteiger partial charge on any atom is 0.164 e. The summed E-state index contributed by atoms with van der Waals surface area (Å²) >= 11 is 0. The van der Waals surface area contributed by atoms with E-state index >= 15 is 0 Å². The van der Waals surface area contributed by atoms with E-state index in [1.54, 1.807) is 0 Å². The minimum Gasteiger partial charge on any atom is -0.456 e. The van der Waals surface area contributed by atoms with Crippen LogP contribution in [-0.2, 0) is 0 Å². The number of aromatic nitrogens is 6. The lowest BCUT2D eigenvalue weighted by molar-refractivity contribution is 0.584. The summed E-state index contributed by atoms with van der Waals surface area (Å²) in [5.74, 6) is 5.56. The average Bonchev–Trinajstić information content (AvgIpc) is 1.56. The van der Waals surface area contributed by atoms with E-state index in [4.69, 9.17) is 38.7 Å². The van der Waals surface area contributed by atoms with Gasteiger partial charge in [-0.3, -0.25) is 0 Å². The molecular weight excluding hydrogens is 1510 g/mol. The number of hydrogen-bond acceptors (Lipinski definition) is 10. The summed E-state index contributed by atoms with van der Waals surface area (Å²) in [6.07, 6.45) is 8.94. The van der Waals surface area contributed by atoms with Gasteiger partial charge in [0, 0.05) is 89.9 Å². The van der Waals surface area contributed by atoms with Crippen LogP contribution in [0.25, 0.3) is 169 Å². The second kappa shape index (κ2) is 31.1. The monoisotopic (exact) mass is 1590 g/mol. The number of para-hydroxylation sites is 2. The maximum atomic E-state index is 6.66. The highest BCUT2D eigenvalue weighted by Gasteiger charge is 2.45. The maximum absolute atomic E-state index is 6.66. The van der Waals surface area contributed by atoms with E-state index in [0.29, 0.717) is 34.9 Å². The summed E-state index contributed by atoms with van der Waals surface area (Å²) in [5, 5.41) is 2.13. The second-order valence-corrected chi connectivity index (χ2v) is 31.9. The standard InChI is InChI=1S/2C57H38N4O/c1-4-15-37(16-5-1)40-21-12-24-43(33-40)55-58-56(44-25-13-22-41(34-44)38-17-6-2-7-18-38)60-57(59-55)45-29-31-51-48(36-45)54-52(62-51)32-30-50-53(54)47-27-10-11-28-49(47)61(50)46-26-14-23-42(35-46)39-19-8-3-9-20-39;1-4-13-37(14-5-1)40-23-27-42(28-24-40)55-58-56(43-29-25-41(26-30-43)38-15-6-2-7-16-38)60-57(59-55)45-31-33-51-48(36-45)54-52(62-51)34-32-50-53(54)47-21-10-11-22-49(47)61(50)46-20-12-19-44(35-46)39-17-8-3-9-18-39/h2*1-36,50,53H. The van der Waals surface area contributed by atoms with Crippen LogP contribution in [0.5, 0.6) is 0 Å². The number of hydrogen-bond donors (Lipinski definition) is 0. The Bertz CT molecular complexity index is 7300. The number of nitrogens with zero attached hydrogens (tertiary/aromatic N) is 8. The zero-order chi connectivity index (χ0) is 82.0. The van der Waals surface area contributed by atoms with Crippen LogP contribution in [0.3, 0.4) is 0 Å². The van der Waals surface area contributed by atoms with E-state index < -0.39 is 0 Å². The Labute approximate surface area is 718 Å². The molecule has 124 heavy (non-hydrogen) atoms. The highest BCUT2D eigenvalue weighted by Crippen LogP contribution is 2.57. The molecule has 0 radical (unpaired) electrons. The molecule has 2 aliphatic carbocycles. The Morgan fingerprint density at radius 2 is 0.452 bits per heavy atom. The number of fused-ring (bicyclic) bond motifs is 14. The van der Waals surface area contributed by atoms with Crippen LogP contribution in [-0.4, -0.2) is 42.0 Å². The van der Waals surface area contributed by atoms with Gasteiger partial charge in [0.05, 0.1) is 12.1 Å². The first-order valence-electron chi connectivity index (χ1n) is 42.2. The van der Waals surface area contributed by atoms with Crippen molar-refractivity contribution in [2.24, 2.45) is 0 Å². The molecule has 4 atom stereocenters. The van der Waals surface area contributed by atoms with Crippen LogP contribution in [0.2, 0.25) is 0 Å². The summed E-state index contributed by atoms with van der Waals surface area (Å²) in [6.45, 7) is 0. The van der Waals surface area contributed by atoms with Crippen molar-refractivity contribution < 1.29 is 8.83 Å². The van der Waals surface area contributed by atoms with Crippen molar-refractivity contribution in [2.75, 3.05) is 9.80 Å². The van der Waals surface area contributed by atoms with E-state index in [2.05, 4.69) is 422 Å². The largest absolute Gasteiger partial charge is 0.456 e. The highest BCUT2D eigenvalue weighted by atomic mass is 16.3. The number of furan rings is 2. The Hall–Kier alpha value is -16.3. The third-order valence-corrected chi connectivity index (χ3v) is 24.6. The molecule has 10 nitrogen and oxygen atoms in total. The van der Waals surface area contributed by atoms with Crippen molar-refractivity contribution in [1.82, 2.24) is 29.9 Å². The molecule has 0 spiro atoms. The Morgan fingerprint density at radius 3 is 0.798 bits per heavy atom. The van der Waals surface area contributed by atoms with Crippen LogP contribution >= 0.6 is 0 Å².